The second-order valence-electron chi connectivity index (χ2n) is 7.80. The number of carbonyl (C=O) groups excluding carboxylic acids is 1. The van der Waals surface area contributed by atoms with Crippen LogP contribution in [0.25, 0.3) is 0 Å². The molecule has 0 saturated carbocycles. The van der Waals surface area contributed by atoms with E-state index < -0.39 is 37.9 Å². The maximum Gasteiger partial charge on any atom is 0.534 e. The van der Waals surface area contributed by atoms with Gasteiger partial charge in [0.2, 0.25) is 0 Å². The SMILES string of the molecule is Cc1ccc2c(c1)Oc1cc(OS(=O)(=O)C(F)(F)F)ccc1C21OC(=O)c2cc([N+](=O)[O-])ccc21. The van der Waals surface area contributed by atoms with Crippen molar-refractivity contribution in [3.05, 3.63) is 92.5 Å². The Balaban J connectivity index is 1.73. The summed E-state index contributed by atoms with van der Waals surface area (Å²) >= 11 is 0. The molecule has 3 aromatic rings. The Morgan fingerprint density at radius 2 is 1.60 bits per heavy atom. The lowest BCUT2D eigenvalue weighted by molar-refractivity contribution is -0.384. The molecule has 13 heteroatoms. The lowest BCUT2D eigenvalue weighted by Crippen LogP contribution is -2.33. The molecule has 1 unspecified atom stereocenters. The fourth-order valence-corrected chi connectivity index (χ4v) is 4.59. The summed E-state index contributed by atoms with van der Waals surface area (Å²) < 4.78 is 77.1. The van der Waals surface area contributed by atoms with Gasteiger partial charge in [-0.1, -0.05) is 12.1 Å². The first-order valence-electron chi connectivity index (χ1n) is 9.80. The Kier molecular flexibility index (Phi) is 4.65. The number of aryl methyl sites for hydroxylation is 1. The number of fused-ring (bicyclic) bond motifs is 6. The van der Waals surface area contributed by atoms with Gasteiger partial charge in [0.1, 0.15) is 17.2 Å². The number of nitro groups is 1. The van der Waals surface area contributed by atoms with Crippen LogP contribution in [0.15, 0.2) is 54.6 Å². The monoisotopic (exact) mass is 507 g/mol. The van der Waals surface area contributed by atoms with E-state index in [2.05, 4.69) is 4.18 Å². The first kappa shape index (κ1) is 22.7. The summed E-state index contributed by atoms with van der Waals surface area (Å²) in [5.41, 5.74) is -6.20. The van der Waals surface area contributed by atoms with Crippen molar-refractivity contribution in [1.82, 2.24) is 0 Å². The fraction of sp³-hybridized carbons (Fsp3) is 0.136. The van der Waals surface area contributed by atoms with E-state index in [1.54, 1.807) is 25.1 Å². The lowest BCUT2D eigenvalue weighted by atomic mass is 9.77. The number of ether oxygens (including phenoxy) is 2. The maximum atomic E-state index is 12.9. The van der Waals surface area contributed by atoms with E-state index in [0.717, 1.165) is 23.8 Å². The van der Waals surface area contributed by atoms with Gasteiger partial charge >= 0.3 is 21.6 Å². The molecule has 1 atom stereocenters. The average Bonchev–Trinajstić information content (AvgIpc) is 3.05. The van der Waals surface area contributed by atoms with Gasteiger partial charge in [-0.15, -0.1) is 0 Å². The smallest absolute Gasteiger partial charge is 0.456 e. The van der Waals surface area contributed by atoms with Gasteiger partial charge in [0.05, 0.1) is 10.5 Å². The Hall–Kier alpha value is -4.13. The van der Waals surface area contributed by atoms with Gasteiger partial charge in [0.15, 0.2) is 5.60 Å². The largest absolute Gasteiger partial charge is 0.534 e. The van der Waals surface area contributed by atoms with E-state index in [4.69, 9.17) is 9.47 Å². The van der Waals surface area contributed by atoms with Crippen LogP contribution in [0.1, 0.15) is 32.6 Å². The first-order valence-corrected chi connectivity index (χ1v) is 11.2. The summed E-state index contributed by atoms with van der Waals surface area (Å²) in [6.07, 6.45) is 0. The van der Waals surface area contributed by atoms with Crippen LogP contribution in [0.3, 0.4) is 0 Å². The highest BCUT2D eigenvalue weighted by Crippen LogP contribution is 2.57. The molecule has 0 fully saturated rings. The third kappa shape index (κ3) is 3.30. The van der Waals surface area contributed by atoms with Crippen molar-refractivity contribution in [1.29, 1.82) is 0 Å². The number of nitro benzene ring substituents is 1. The zero-order chi connectivity index (χ0) is 25.3. The quantitative estimate of drug-likeness (QED) is 0.164. The molecule has 0 aromatic heterocycles. The number of non-ortho nitro benzene ring substituents is 1. The number of halogens is 3. The standard InChI is InChI=1S/C22H12F3NO8S/c1-11-2-5-16-18(8-11)32-19-10-13(34-35(30,31)22(23,24)25)4-7-17(19)21(16)15-6-3-12(26(28)29)9-14(15)20(27)33-21/h2-10H,1H3. The van der Waals surface area contributed by atoms with Crippen molar-refractivity contribution in [2.75, 3.05) is 0 Å². The zero-order valence-corrected chi connectivity index (χ0v) is 18.3. The van der Waals surface area contributed by atoms with Gasteiger partial charge in [-0.05, 0) is 36.8 Å². The van der Waals surface area contributed by atoms with Crippen LogP contribution in [0.5, 0.6) is 17.2 Å². The van der Waals surface area contributed by atoms with E-state index in [9.17, 15) is 36.5 Å². The van der Waals surface area contributed by atoms with Crippen LogP contribution in [-0.4, -0.2) is 24.8 Å². The van der Waals surface area contributed by atoms with Gasteiger partial charge in [0.25, 0.3) is 5.69 Å². The first-order chi connectivity index (χ1) is 16.3. The summed E-state index contributed by atoms with van der Waals surface area (Å²) in [4.78, 5) is 23.4. The van der Waals surface area contributed by atoms with Crippen molar-refractivity contribution in [2.45, 2.75) is 18.0 Å². The van der Waals surface area contributed by atoms with E-state index in [-0.39, 0.29) is 33.9 Å². The van der Waals surface area contributed by atoms with Crippen molar-refractivity contribution >= 4 is 21.8 Å². The van der Waals surface area contributed by atoms with Crippen LogP contribution in [0.4, 0.5) is 18.9 Å². The molecule has 2 aliphatic heterocycles. The molecule has 0 N–H and O–H groups in total. The highest BCUT2D eigenvalue weighted by atomic mass is 32.2. The molecule has 2 aliphatic rings. The van der Waals surface area contributed by atoms with E-state index >= 15 is 0 Å². The van der Waals surface area contributed by atoms with E-state index in [1.807, 2.05) is 0 Å². The van der Waals surface area contributed by atoms with Crippen molar-refractivity contribution in [2.24, 2.45) is 0 Å². The molecule has 5 rings (SSSR count). The lowest BCUT2D eigenvalue weighted by Gasteiger charge is -2.36. The van der Waals surface area contributed by atoms with Gasteiger partial charge < -0.3 is 13.7 Å². The number of benzene rings is 3. The molecule has 0 saturated heterocycles. The van der Waals surface area contributed by atoms with Crippen LogP contribution in [0, 0.1) is 17.0 Å². The fourth-order valence-electron chi connectivity index (χ4n) is 4.14. The summed E-state index contributed by atoms with van der Waals surface area (Å²) in [6, 6.07) is 11.7. The Morgan fingerprint density at radius 1 is 0.971 bits per heavy atom. The summed E-state index contributed by atoms with van der Waals surface area (Å²) in [6.45, 7) is 1.75. The van der Waals surface area contributed by atoms with Gasteiger partial charge in [-0.2, -0.15) is 21.6 Å². The summed E-state index contributed by atoms with van der Waals surface area (Å²) in [5, 5.41) is 11.2. The molecular formula is C22H12F3NO8S. The number of hydrogen-bond acceptors (Lipinski definition) is 8. The minimum Gasteiger partial charge on any atom is -0.456 e. The normalized spacial score (nSPS) is 18.2. The molecular weight excluding hydrogens is 495 g/mol. The third-order valence-corrected chi connectivity index (χ3v) is 6.60. The molecule has 0 radical (unpaired) electrons. The average molecular weight is 507 g/mol. The predicted molar refractivity (Wildman–Crippen MR) is 112 cm³/mol. The van der Waals surface area contributed by atoms with Gasteiger partial charge in [-0.25, -0.2) is 4.79 Å². The Morgan fingerprint density at radius 3 is 2.26 bits per heavy atom. The number of esters is 1. The number of nitrogens with zero attached hydrogens (tertiary/aromatic N) is 1. The number of rotatable bonds is 3. The maximum absolute atomic E-state index is 12.9. The minimum absolute atomic E-state index is 0.0708. The molecule has 180 valence electrons. The summed E-state index contributed by atoms with van der Waals surface area (Å²) in [5.74, 6) is -1.48. The highest BCUT2D eigenvalue weighted by Gasteiger charge is 2.54. The molecule has 1 spiro atoms. The van der Waals surface area contributed by atoms with Crippen LogP contribution in [-0.2, 0) is 20.5 Å². The van der Waals surface area contributed by atoms with Crippen molar-refractivity contribution in [3.8, 4) is 17.2 Å². The topological polar surface area (TPSA) is 122 Å². The molecule has 0 aliphatic carbocycles. The predicted octanol–water partition coefficient (Wildman–Crippen LogP) is 4.70. The number of alkyl halides is 3. The second-order valence-corrected chi connectivity index (χ2v) is 9.34. The summed E-state index contributed by atoms with van der Waals surface area (Å²) in [7, 11) is -5.95. The third-order valence-electron chi connectivity index (χ3n) is 5.62. The zero-order valence-electron chi connectivity index (χ0n) is 17.5. The van der Waals surface area contributed by atoms with Crippen molar-refractivity contribution < 1.29 is 45.0 Å². The second kappa shape index (κ2) is 7.18. The minimum atomic E-state index is -5.95. The van der Waals surface area contributed by atoms with Crippen LogP contribution >= 0.6 is 0 Å². The van der Waals surface area contributed by atoms with E-state index in [0.29, 0.717) is 5.56 Å². The van der Waals surface area contributed by atoms with Gasteiger partial charge in [-0.3, -0.25) is 10.1 Å². The Bertz CT molecular complexity index is 1550. The Labute approximate surface area is 194 Å². The molecule has 9 nitrogen and oxygen atoms in total. The molecule has 35 heavy (non-hydrogen) atoms. The number of carbonyl (C=O) groups is 1. The van der Waals surface area contributed by atoms with Crippen LogP contribution in [0.2, 0.25) is 0 Å². The molecule has 0 bridgehead atoms. The van der Waals surface area contributed by atoms with Gasteiger partial charge in [0, 0.05) is 34.9 Å². The molecule has 3 aromatic carbocycles. The molecule has 2 heterocycles. The molecule has 0 amide bonds. The van der Waals surface area contributed by atoms with Crippen molar-refractivity contribution in [3.63, 3.8) is 0 Å². The highest BCUT2D eigenvalue weighted by molar-refractivity contribution is 7.88. The van der Waals surface area contributed by atoms with E-state index in [1.165, 1.54) is 18.2 Å². The number of hydrogen-bond donors (Lipinski definition) is 0. The van der Waals surface area contributed by atoms with Crippen LogP contribution < -0.4 is 8.92 Å².